The zero-order chi connectivity index (χ0) is 12.9. The third-order valence-electron chi connectivity index (χ3n) is 2.96. The molecule has 0 aromatic heterocycles. The number of nitrogens with one attached hydrogen (secondary N) is 2. The summed E-state index contributed by atoms with van der Waals surface area (Å²) in [5.41, 5.74) is 0. The van der Waals surface area contributed by atoms with Crippen molar-refractivity contribution >= 4 is 28.2 Å². The van der Waals surface area contributed by atoms with Crippen LogP contribution < -0.4 is 10.6 Å². The lowest BCUT2D eigenvalue weighted by Gasteiger charge is -2.24. The minimum Gasteiger partial charge on any atom is -0.351 e. The second kappa shape index (κ2) is 7.96. The Morgan fingerprint density at radius 3 is 2.61 bits per heavy atom. The SMILES string of the molecule is CCS(=O)(=O)CC(C)NC(=O)C1CCCCN1.Cl. The summed E-state index contributed by atoms with van der Waals surface area (Å²) in [5, 5.41) is 5.90. The number of carbonyl (C=O) groups is 1. The van der Waals surface area contributed by atoms with Crippen LogP contribution in [0.4, 0.5) is 0 Å². The highest BCUT2D eigenvalue weighted by molar-refractivity contribution is 7.91. The molecule has 0 spiro atoms. The number of carbonyl (C=O) groups excluding carboxylic acids is 1. The van der Waals surface area contributed by atoms with Crippen molar-refractivity contribution in [3.8, 4) is 0 Å². The summed E-state index contributed by atoms with van der Waals surface area (Å²) in [6, 6.07) is -0.480. The molecule has 1 amide bonds. The van der Waals surface area contributed by atoms with Gasteiger partial charge in [-0.2, -0.15) is 0 Å². The predicted molar refractivity (Wildman–Crippen MR) is 74.8 cm³/mol. The maximum Gasteiger partial charge on any atom is 0.237 e. The molecule has 0 bridgehead atoms. The Labute approximate surface area is 115 Å². The van der Waals surface area contributed by atoms with E-state index in [1.54, 1.807) is 13.8 Å². The maximum absolute atomic E-state index is 11.8. The van der Waals surface area contributed by atoms with E-state index in [1.807, 2.05) is 0 Å². The first-order valence-corrected chi connectivity index (χ1v) is 8.01. The smallest absolute Gasteiger partial charge is 0.237 e. The average Bonchev–Trinajstić information content (AvgIpc) is 2.29. The molecule has 1 rings (SSSR count). The van der Waals surface area contributed by atoms with E-state index >= 15 is 0 Å². The highest BCUT2D eigenvalue weighted by atomic mass is 35.5. The highest BCUT2D eigenvalue weighted by Gasteiger charge is 2.23. The normalized spacial score (nSPS) is 21.8. The number of hydrogen-bond donors (Lipinski definition) is 2. The van der Waals surface area contributed by atoms with E-state index in [1.165, 1.54) is 0 Å². The summed E-state index contributed by atoms with van der Waals surface area (Å²) < 4.78 is 22.8. The Hall–Kier alpha value is -0.330. The molecule has 0 aromatic carbocycles. The fraction of sp³-hybridized carbons (Fsp3) is 0.909. The topological polar surface area (TPSA) is 75.3 Å². The summed E-state index contributed by atoms with van der Waals surface area (Å²) in [5.74, 6) is 0.0557. The minimum absolute atomic E-state index is 0. The predicted octanol–water partition coefficient (Wildman–Crippen LogP) is 0.490. The molecule has 1 aliphatic heterocycles. The largest absolute Gasteiger partial charge is 0.351 e. The lowest BCUT2D eigenvalue weighted by atomic mass is 10.0. The van der Waals surface area contributed by atoms with Crippen LogP contribution in [0, 0.1) is 0 Å². The van der Waals surface area contributed by atoms with Crippen molar-refractivity contribution in [1.82, 2.24) is 10.6 Å². The Morgan fingerprint density at radius 2 is 2.11 bits per heavy atom. The Kier molecular flexibility index (Phi) is 7.82. The van der Waals surface area contributed by atoms with Crippen LogP contribution in [0.2, 0.25) is 0 Å². The van der Waals surface area contributed by atoms with Crippen LogP contribution >= 0.6 is 12.4 Å². The van der Waals surface area contributed by atoms with Gasteiger partial charge in [0.2, 0.25) is 5.91 Å². The first kappa shape index (κ1) is 17.7. The monoisotopic (exact) mass is 298 g/mol. The van der Waals surface area contributed by atoms with Gasteiger partial charge in [0, 0.05) is 11.8 Å². The maximum atomic E-state index is 11.8. The Morgan fingerprint density at radius 1 is 1.44 bits per heavy atom. The van der Waals surface area contributed by atoms with Crippen LogP contribution in [0.25, 0.3) is 0 Å². The van der Waals surface area contributed by atoms with Crippen LogP contribution in [0.15, 0.2) is 0 Å². The van der Waals surface area contributed by atoms with E-state index in [0.717, 1.165) is 25.8 Å². The fourth-order valence-electron chi connectivity index (χ4n) is 1.96. The first-order chi connectivity index (χ1) is 7.94. The number of rotatable bonds is 5. The standard InChI is InChI=1S/C11H22N2O3S.ClH/c1-3-17(15,16)8-9(2)13-11(14)10-6-4-5-7-12-10;/h9-10,12H,3-8H2,1-2H3,(H,13,14);1H. The molecule has 108 valence electrons. The van der Waals surface area contributed by atoms with Gasteiger partial charge in [0.15, 0.2) is 9.84 Å². The molecular formula is C11H23ClN2O3S. The van der Waals surface area contributed by atoms with Crippen LogP contribution in [-0.4, -0.2) is 44.5 Å². The molecule has 18 heavy (non-hydrogen) atoms. The van der Waals surface area contributed by atoms with Gasteiger partial charge in [-0.05, 0) is 26.3 Å². The number of hydrogen-bond acceptors (Lipinski definition) is 4. The van der Waals surface area contributed by atoms with E-state index in [2.05, 4.69) is 10.6 Å². The van der Waals surface area contributed by atoms with E-state index in [-0.39, 0.29) is 41.9 Å². The van der Waals surface area contributed by atoms with Gasteiger partial charge in [-0.3, -0.25) is 4.79 Å². The van der Waals surface area contributed by atoms with E-state index in [0.29, 0.717) is 0 Å². The third kappa shape index (κ3) is 6.02. The van der Waals surface area contributed by atoms with Crippen LogP contribution in [0.1, 0.15) is 33.1 Å². The number of halogens is 1. The van der Waals surface area contributed by atoms with E-state index in [4.69, 9.17) is 0 Å². The molecule has 0 aromatic rings. The van der Waals surface area contributed by atoms with Gasteiger partial charge >= 0.3 is 0 Å². The third-order valence-corrected chi connectivity index (χ3v) is 4.85. The van der Waals surface area contributed by atoms with Gasteiger partial charge in [0.25, 0.3) is 0 Å². The molecule has 7 heteroatoms. The number of piperidine rings is 1. The molecular weight excluding hydrogens is 276 g/mol. The molecule has 2 N–H and O–H groups in total. The summed E-state index contributed by atoms with van der Waals surface area (Å²) in [6.45, 7) is 4.21. The minimum atomic E-state index is -3.03. The second-order valence-corrected chi connectivity index (χ2v) is 7.01. The molecule has 1 aliphatic rings. The number of sulfone groups is 1. The van der Waals surface area contributed by atoms with Crippen molar-refractivity contribution in [2.24, 2.45) is 0 Å². The lowest BCUT2D eigenvalue weighted by molar-refractivity contribution is -0.124. The van der Waals surface area contributed by atoms with Gasteiger partial charge in [-0.1, -0.05) is 13.3 Å². The molecule has 2 unspecified atom stereocenters. The molecule has 1 fully saturated rings. The highest BCUT2D eigenvalue weighted by Crippen LogP contribution is 2.07. The Bertz CT molecular complexity index is 353. The van der Waals surface area contributed by atoms with Crippen molar-refractivity contribution in [1.29, 1.82) is 0 Å². The van der Waals surface area contributed by atoms with E-state index < -0.39 is 9.84 Å². The summed E-state index contributed by atoms with van der Waals surface area (Å²) in [4.78, 5) is 11.8. The van der Waals surface area contributed by atoms with E-state index in [9.17, 15) is 13.2 Å². The molecule has 1 heterocycles. The Balaban J connectivity index is 0.00000289. The summed E-state index contributed by atoms with van der Waals surface area (Å²) in [6.07, 6.45) is 2.98. The van der Waals surface area contributed by atoms with Gasteiger partial charge in [-0.25, -0.2) is 8.42 Å². The zero-order valence-electron chi connectivity index (χ0n) is 10.9. The van der Waals surface area contributed by atoms with Gasteiger partial charge < -0.3 is 10.6 Å². The quantitative estimate of drug-likeness (QED) is 0.774. The van der Waals surface area contributed by atoms with Crippen molar-refractivity contribution in [2.75, 3.05) is 18.1 Å². The molecule has 2 atom stereocenters. The summed E-state index contributed by atoms with van der Waals surface area (Å²) >= 11 is 0. The number of amides is 1. The van der Waals surface area contributed by atoms with Gasteiger partial charge in [0.1, 0.15) is 0 Å². The second-order valence-electron chi connectivity index (χ2n) is 4.61. The molecule has 0 saturated carbocycles. The van der Waals surface area contributed by atoms with Gasteiger partial charge in [0.05, 0.1) is 11.8 Å². The first-order valence-electron chi connectivity index (χ1n) is 6.19. The van der Waals surface area contributed by atoms with Crippen LogP contribution in [0.3, 0.4) is 0 Å². The average molecular weight is 299 g/mol. The van der Waals surface area contributed by atoms with Crippen molar-refractivity contribution in [3.63, 3.8) is 0 Å². The van der Waals surface area contributed by atoms with Crippen molar-refractivity contribution < 1.29 is 13.2 Å². The summed E-state index contributed by atoms with van der Waals surface area (Å²) in [7, 11) is -3.03. The zero-order valence-corrected chi connectivity index (χ0v) is 12.6. The van der Waals surface area contributed by atoms with Crippen molar-refractivity contribution in [3.05, 3.63) is 0 Å². The van der Waals surface area contributed by atoms with Crippen molar-refractivity contribution in [2.45, 2.75) is 45.2 Å². The molecule has 5 nitrogen and oxygen atoms in total. The van der Waals surface area contributed by atoms with Gasteiger partial charge in [-0.15, -0.1) is 12.4 Å². The lowest BCUT2D eigenvalue weighted by Crippen LogP contribution is -2.50. The van der Waals surface area contributed by atoms with Crippen LogP contribution in [-0.2, 0) is 14.6 Å². The molecule has 1 saturated heterocycles. The molecule has 0 aliphatic carbocycles. The van der Waals surface area contributed by atoms with Crippen LogP contribution in [0.5, 0.6) is 0 Å². The molecule has 0 radical (unpaired) electrons. The fourth-order valence-corrected chi connectivity index (χ4v) is 3.04.